The number of hydrogen-bond donors (Lipinski definition) is 2. The molecule has 0 aromatic heterocycles. The summed E-state index contributed by atoms with van der Waals surface area (Å²) in [5, 5.41) is 9.03. The third-order valence-electron chi connectivity index (χ3n) is 2.25. The van der Waals surface area contributed by atoms with E-state index in [0.717, 1.165) is 0 Å². The summed E-state index contributed by atoms with van der Waals surface area (Å²) in [6.45, 7) is 1.77. The van der Waals surface area contributed by atoms with Gasteiger partial charge in [0.2, 0.25) is 0 Å². The van der Waals surface area contributed by atoms with E-state index in [1.54, 1.807) is 6.92 Å². The first kappa shape index (κ1) is 7.03. The summed E-state index contributed by atoms with van der Waals surface area (Å²) in [5.74, 6) is 0.602. The van der Waals surface area contributed by atoms with Gasteiger partial charge in [0.05, 0.1) is 6.10 Å². The Morgan fingerprint density at radius 3 is 2.22 bits per heavy atom. The monoisotopic (exact) mass is 129 g/mol. The molecule has 1 rings (SSSR count). The Kier molecular flexibility index (Phi) is 2.09. The van der Waals surface area contributed by atoms with Gasteiger partial charge in [-0.3, -0.25) is 0 Å². The molecule has 0 radical (unpaired) electrons. The van der Waals surface area contributed by atoms with E-state index in [1.165, 1.54) is 19.3 Å². The molecule has 0 saturated heterocycles. The Balaban J connectivity index is 2.23. The van der Waals surface area contributed by atoms with Gasteiger partial charge < -0.3 is 10.8 Å². The van der Waals surface area contributed by atoms with Crippen LogP contribution in [-0.2, 0) is 0 Å². The average molecular weight is 129 g/mol. The van der Waals surface area contributed by atoms with Crippen molar-refractivity contribution < 1.29 is 5.11 Å². The minimum Gasteiger partial charge on any atom is -0.392 e. The Bertz CT molecular complexity index is 88.9. The van der Waals surface area contributed by atoms with E-state index < -0.39 is 0 Å². The zero-order valence-corrected chi connectivity index (χ0v) is 5.88. The van der Waals surface area contributed by atoms with E-state index in [1.807, 2.05) is 0 Å². The van der Waals surface area contributed by atoms with E-state index in [-0.39, 0.29) is 12.1 Å². The highest BCUT2D eigenvalue weighted by molar-refractivity contribution is 4.82. The molecule has 2 heteroatoms. The van der Waals surface area contributed by atoms with E-state index in [4.69, 9.17) is 10.8 Å². The van der Waals surface area contributed by atoms with E-state index in [0.29, 0.717) is 5.92 Å². The quantitative estimate of drug-likeness (QED) is 0.570. The third-order valence-corrected chi connectivity index (χ3v) is 2.25. The van der Waals surface area contributed by atoms with Crippen LogP contribution in [0.1, 0.15) is 26.2 Å². The summed E-state index contributed by atoms with van der Waals surface area (Å²) in [5.41, 5.74) is 5.67. The lowest BCUT2D eigenvalue weighted by atomic mass is 9.78. The number of aliphatic hydroxyl groups is 1. The van der Waals surface area contributed by atoms with Crippen molar-refractivity contribution in [3.05, 3.63) is 0 Å². The van der Waals surface area contributed by atoms with Crippen LogP contribution in [0.4, 0.5) is 0 Å². The van der Waals surface area contributed by atoms with Gasteiger partial charge in [-0.2, -0.15) is 0 Å². The minimum atomic E-state index is -0.324. The van der Waals surface area contributed by atoms with Crippen molar-refractivity contribution in [3.8, 4) is 0 Å². The van der Waals surface area contributed by atoms with Crippen LogP contribution in [0.2, 0.25) is 0 Å². The molecule has 2 nitrogen and oxygen atoms in total. The third kappa shape index (κ3) is 1.43. The maximum Gasteiger partial charge on any atom is 0.0665 e. The standard InChI is InChI=1S/C7H15NO/c1-5(9)7(8)6-3-2-4-6/h5-7,9H,2-4,8H2,1H3/t5-,7-/m0/s1. The van der Waals surface area contributed by atoms with E-state index in [2.05, 4.69) is 0 Å². The number of nitrogens with two attached hydrogens (primary N) is 1. The van der Waals surface area contributed by atoms with Crippen LogP contribution in [0.3, 0.4) is 0 Å². The summed E-state index contributed by atoms with van der Waals surface area (Å²) < 4.78 is 0. The van der Waals surface area contributed by atoms with Gasteiger partial charge in [0, 0.05) is 6.04 Å². The van der Waals surface area contributed by atoms with E-state index in [9.17, 15) is 0 Å². The molecule has 1 fully saturated rings. The van der Waals surface area contributed by atoms with Crippen LogP contribution in [0.15, 0.2) is 0 Å². The van der Waals surface area contributed by atoms with Gasteiger partial charge in [0.15, 0.2) is 0 Å². The van der Waals surface area contributed by atoms with Gasteiger partial charge in [-0.15, -0.1) is 0 Å². The summed E-state index contributed by atoms with van der Waals surface area (Å²) in [6, 6.07) is 0.0266. The molecular weight excluding hydrogens is 114 g/mol. The smallest absolute Gasteiger partial charge is 0.0665 e. The van der Waals surface area contributed by atoms with Crippen molar-refractivity contribution in [3.63, 3.8) is 0 Å². The molecule has 0 spiro atoms. The SMILES string of the molecule is C[C@H](O)[C@H](N)C1CCC1. The minimum absolute atomic E-state index is 0.0266. The second-order valence-electron chi connectivity index (χ2n) is 3.01. The van der Waals surface area contributed by atoms with Crippen LogP contribution in [0.5, 0.6) is 0 Å². The molecule has 1 saturated carbocycles. The van der Waals surface area contributed by atoms with Gasteiger partial charge in [-0.25, -0.2) is 0 Å². The molecule has 9 heavy (non-hydrogen) atoms. The zero-order valence-electron chi connectivity index (χ0n) is 5.88. The summed E-state index contributed by atoms with van der Waals surface area (Å²) in [6.07, 6.45) is 3.40. The van der Waals surface area contributed by atoms with Crippen molar-refractivity contribution in [2.75, 3.05) is 0 Å². The Hall–Kier alpha value is -0.0800. The topological polar surface area (TPSA) is 46.2 Å². The second-order valence-corrected chi connectivity index (χ2v) is 3.01. The number of hydrogen-bond acceptors (Lipinski definition) is 2. The van der Waals surface area contributed by atoms with Gasteiger partial charge >= 0.3 is 0 Å². The van der Waals surface area contributed by atoms with Crippen LogP contribution >= 0.6 is 0 Å². The fourth-order valence-electron chi connectivity index (χ4n) is 1.22. The second kappa shape index (κ2) is 2.67. The molecule has 1 aliphatic rings. The normalized spacial score (nSPS) is 27.0. The first-order valence-corrected chi connectivity index (χ1v) is 3.65. The fourth-order valence-corrected chi connectivity index (χ4v) is 1.22. The predicted octanol–water partition coefficient (Wildman–Crippen LogP) is 0.495. The molecule has 1 aliphatic carbocycles. The molecule has 0 amide bonds. The molecule has 0 bridgehead atoms. The lowest BCUT2D eigenvalue weighted by Crippen LogP contribution is -2.42. The van der Waals surface area contributed by atoms with Crippen molar-refractivity contribution in [2.45, 2.75) is 38.3 Å². The first-order chi connectivity index (χ1) is 4.22. The number of rotatable bonds is 2. The van der Waals surface area contributed by atoms with Crippen molar-refractivity contribution in [1.82, 2.24) is 0 Å². The largest absolute Gasteiger partial charge is 0.392 e. The highest BCUT2D eigenvalue weighted by Crippen LogP contribution is 2.29. The van der Waals surface area contributed by atoms with Crippen LogP contribution in [0, 0.1) is 5.92 Å². The maximum absolute atomic E-state index is 9.03. The fraction of sp³-hybridized carbons (Fsp3) is 1.00. The van der Waals surface area contributed by atoms with Gasteiger partial charge in [-0.1, -0.05) is 6.42 Å². The van der Waals surface area contributed by atoms with Gasteiger partial charge in [0.25, 0.3) is 0 Å². The molecule has 2 atom stereocenters. The van der Waals surface area contributed by atoms with Crippen LogP contribution in [0.25, 0.3) is 0 Å². The van der Waals surface area contributed by atoms with Gasteiger partial charge in [-0.05, 0) is 25.7 Å². The summed E-state index contributed by atoms with van der Waals surface area (Å²) >= 11 is 0. The Morgan fingerprint density at radius 2 is 2.11 bits per heavy atom. The van der Waals surface area contributed by atoms with Crippen LogP contribution in [-0.4, -0.2) is 17.3 Å². The molecule has 0 aromatic carbocycles. The zero-order chi connectivity index (χ0) is 6.85. The van der Waals surface area contributed by atoms with E-state index >= 15 is 0 Å². The molecule has 0 aromatic rings. The Labute approximate surface area is 56.1 Å². The summed E-state index contributed by atoms with van der Waals surface area (Å²) in [7, 11) is 0. The molecule has 54 valence electrons. The molecule has 0 aliphatic heterocycles. The van der Waals surface area contributed by atoms with Crippen LogP contribution < -0.4 is 5.73 Å². The van der Waals surface area contributed by atoms with Crippen molar-refractivity contribution >= 4 is 0 Å². The molecular formula is C7H15NO. The van der Waals surface area contributed by atoms with Gasteiger partial charge in [0.1, 0.15) is 0 Å². The highest BCUT2D eigenvalue weighted by atomic mass is 16.3. The summed E-state index contributed by atoms with van der Waals surface area (Å²) in [4.78, 5) is 0. The lowest BCUT2D eigenvalue weighted by Gasteiger charge is -2.32. The lowest BCUT2D eigenvalue weighted by molar-refractivity contribution is 0.104. The maximum atomic E-state index is 9.03. The predicted molar refractivity (Wildman–Crippen MR) is 37.0 cm³/mol. The molecule has 0 heterocycles. The number of aliphatic hydroxyl groups excluding tert-OH is 1. The average Bonchev–Trinajstić information content (AvgIpc) is 1.60. The van der Waals surface area contributed by atoms with Crippen molar-refractivity contribution in [1.29, 1.82) is 0 Å². The molecule has 0 unspecified atom stereocenters. The first-order valence-electron chi connectivity index (χ1n) is 3.65. The highest BCUT2D eigenvalue weighted by Gasteiger charge is 2.26. The van der Waals surface area contributed by atoms with Crippen molar-refractivity contribution in [2.24, 2.45) is 11.7 Å². The Morgan fingerprint density at radius 1 is 1.56 bits per heavy atom. The molecule has 3 N–H and O–H groups in total.